The van der Waals surface area contributed by atoms with Gasteiger partial charge in [0.15, 0.2) is 0 Å². The summed E-state index contributed by atoms with van der Waals surface area (Å²) in [6.45, 7) is 8.60. The van der Waals surface area contributed by atoms with E-state index in [1.807, 2.05) is 66.7 Å². The third-order valence-corrected chi connectivity index (χ3v) is 5.93. The monoisotopic (exact) mass is 416 g/mol. The van der Waals surface area contributed by atoms with Crippen LogP contribution in [0.5, 0.6) is 5.75 Å². The summed E-state index contributed by atoms with van der Waals surface area (Å²) in [5.41, 5.74) is 0.897. The second-order valence-corrected chi connectivity index (χ2v) is 9.17. The number of fused-ring (bicyclic) bond motifs is 1. The molecule has 1 N–H and O–H groups in total. The van der Waals surface area contributed by atoms with Crippen LogP contribution < -0.4 is 10.1 Å². The van der Waals surface area contributed by atoms with Crippen LogP contribution in [-0.2, 0) is 15.7 Å². The molecule has 0 radical (unpaired) electrons. The molecule has 160 valence electrons. The molecule has 1 atom stereocenters. The van der Waals surface area contributed by atoms with Gasteiger partial charge in [0.1, 0.15) is 17.9 Å². The van der Waals surface area contributed by atoms with E-state index in [9.17, 15) is 9.59 Å². The summed E-state index contributed by atoms with van der Waals surface area (Å²) in [5.74, 6) is 0.480. The molecule has 1 aliphatic heterocycles. The van der Waals surface area contributed by atoms with E-state index >= 15 is 0 Å². The Labute approximate surface area is 183 Å². The van der Waals surface area contributed by atoms with Crippen molar-refractivity contribution in [3.05, 3.63) is 77.9 Å². The maximum atomic E-state index is 13.2. The average Bonchev–Trinajstić information content (AvgIpc) is 2.97. The molecule has 0 bridgehead atoms. The molecule has 0 saturated carbocycles. The van der Waals surface area contributed by atoms with Crippen LogP contribution in [0.4, 0.5) is 4.79 Å². The third-order valence-electron chi connectivity index (χ3n) is 5.93. The first-order valence-electron chi connectivity index (χ1n) is 10.6. The first-order chi connectivity index (χ1) is 14.7. The van der Waals surface area contributed by atoms with Gasteiger partial charge in [-0.25, -0.2) is 4.79 Å². The number of urea groups is 1. The molecular formula is C26H28N2O3. The second kappa shape index (κ2) is 7.73. The quantitative estimate of drug-likeness (QED) is 0.597. The van der Waals surface area contributed by atoms with E-state index in [0.29, 0.717) is 0 Å². The summed E-state index contributed by atoms with van der Waals surface area (Å²) < 4.78 is 5.93. The fourth-order valence-electron chi connectivity index (χ4n) is 3.97. The SMILES string of the molecule is CC(C)(C)c1ccc(C2(C)NC(=O)N(CCOc3cccc4ccccc34)C2=O)cc1. The molecule has 0 spiro atoms. The van der Waals surface area contributed by atoms with Crippen LogP contribution in [0.3, 0.4) is 0 Å². The molecule has 0 aromatic heterocycles. The summed E-state index contributed by atoms with van der Waals surface area (Å²) in [7, 11) is 0. The number of hydrogen-bond acceptors (Lipinski definition) is 3. The number of nitrogens with zero attached hydrogens (tertiary/aromatic N) is 1. The van der Waals surface area contributed by atoms with Gasteiger partial charge in [-0.05, 0) is 34.9 Å². The van der Waals surface area contributed by atoms with Crippen molar-refractivity contribution in [1.82, 2.24) is 10.2 Å². The maximum absolute atomic E-state index is 13.2. The van der Waals surface area contributed by atoms with Crippen molar-refractivity contribution < 1.29 is 14.3 Å². The van der Waals surface area contributed by atoms with E-state index in [2.05, 4.69) is 26.1 Å². The Morgan fingerprint density at radius 2 is 1.61 bits per heavy atom. The molecular weight excluding hydrogens is 388 g/mol. The molecule has 0 aliphatic carbocycles. The Morgan fingerprint density at radius 1 is 0.935 bits per heavy atom. The highest BCUT2D eigenvalue weighted by molar-refractivity contribution is 6.07. The number of benzene rings is 3. The van der Waals surface area contributed by atoms with Crippen molar-refractivity contribution >= 4 is 22.7 Å². The Balaban J connectivity index is 1.47. The molecule has 3 aromatic carbocycles. The van der Waals surface area contributed by atoms with E-state index < -0.39 is 11.6 Å². The van der Waals surface area contributed by atoms with E-state index in [4.69, 9.17) is 4.74 Å². The number of carbonyl (C=O) groups is 2. The summed E-state index contributed by atoms with van der Waals surface area (Å²) >= 11 is 0. The molecule has 3 aromatic rings. The lowest BCUT2D eigenvalue weighted by Gasteiger charge is -2.24. The first-order valence-corrected chi connectivity index (χ1v) is 10.6. The molecule has 31 heavy (non-hydrogen) atoms. The molecule has 5 nitrogen and oxygen atoms in total. The van der Waals surface area contributed by atoms with Crippen molar-refractivity contribution in [3.8, 4) is 5.75 Å². The number of hydrogen-bond donors (Lipinski definition) is 1. The highest BCUT2D eigenvalue weighted by atomic mass is 16.5. The molecule has 1 heterocycles. The van der Waals surface area contributed by atoms with Crippen LogP contribution in [0.25, 0.3) is 10.8 Å². The smallest absolute Gasteiger partial charge is 0.325 e. The Bertz CT molecular complexity index is 1130. The van der Waals surface area contributed by atoms with Crippen molar-refractivity contribution in [2.45, 2.75) is 38.6 Å². The van der Waals surface area contributed by atoms with Gasteiger partial charge < -0.3 is 10.1 Å². The van der Waals surface area contributed by atoms with Crippen molar-refractivity contribution in [2.24, 2.45) is 0 Å². The van der Waals surface area contributed by atoms with Crippen LogP contribution in [0.2, 0.25) is 0 Å². The summed E-state index contributed by atoms with van der Waals surface area (Å²) in [6, 6.07) is 21.3. The minimum atomic E-state index is -1.08. The van der Waals surface area contributed by atoms with Crippen molar-refractivity contribution in [3.63, 3.8) is 0 Å². The Morgan fingerprint density at radius 3 is 2.32 bits per heavy atom. The maximum Gasteiger partial charge on any atom is 0.325 e. The average molecular weight is 417 g/mol. The third kappa shape index (κ3) is 3.88. The summed E-state index contributed by atoms with van der Waals surface area (Å²) in [5, 5.41) is 4.95. The number of nitrogens with one attached hydrogen (secondary N) is 1. The van der Waals surface area contributed by atoms with Crippen LogP contribution in [0.15, 0.2) is 66.7 Å². The standard InChI is InChI=1S/C26H28N2O3/c1-25(2,3)19-12-14-20(15-13-19)26(4)23(29)28(24(30)27-26)16-17-31-22-11-7-9-18-8-5-6-10-21(18)22/h5-15H,16-17H2,1-4H3,(H,27,30). The van der Waals surface area contributed by atoms with E-state index in [0.717, 1.165) is 22.1 Å². The molecule has 3 amide bonds. The molecule has 1 aliphatic rings. The van der Waals surface area contributed by atoms with Crippen LogP contribution in [-0.4, -0.2) is 30.0 Å². The highest BCUT2D eigenvalue weighted by Gasteiger charge is 2.48. The minimum absolute atomic E-state index is 0.0212. The fourth-order valence-corrected chi connectivity index (χ4v) is 3.97. The van der Waals surface area contributed by atoms with Gasteiger partial charge in [-0.1, -0.05) is 81.4 Å². The molecule has 5 heteroatoms. The van der Waals surface area contributed by atoms with Gasteiger partial charge >= 0.3 is 6.03 Å². The van der Waals surface area contributed by atoms with Gasteiger partial charge in [-0.15, -0.1) is 0 Å². The van der Waals surface area contributed by atoms with E-state index in [1.165, 1.54) is 10.5 Å². The Kier molecular flexibility index (Phi) is 5.21. The number of amides is 3. The molecule has 1 saturated heterocycles. The predicted octanol–water partition coefficient (Wildman–Crippen LogP) is 4.98. The summed E-state index contributed by atoms with van der Waals surface area (Å²) in [4.78, 5) is 27.0. The van der Waals surface area contributed by atoms with Crippen LogP contribution >= 0.6 is 0 Å². The number of rotatable bonds is 5. The fraction of sp³-hybridized carbons (Fsp3) is 0.308. The van der Waals surface area contributed by atoms with Crippen LogP contribution in [0.1, 0.15) is 38.8 Å². The second-order valence-electron chi connectivity index (χ2n) is 9.17. The highest BCUT2D eigenvalue weighted by Crippen LogP contribution is 2.31. The zero-order chi connectivity index (χ0) is 22.2. The van der Waals surface area contributed by atoms with Gasteiger partial charge in [-0.3, -0.25) is 9.69 Å². The summed E-state index contributed by atoms with van der Waals surface area (Å²) in [6.07, 6.45) is 0. The van der Waals surface area contributed by atoms with Crippen molar-refractivity contribution in [1.29, 1.82) is 0 Å². The van der Waals surface area contributed by atoms with Gasteiger partial charge in [0, 0.05) is 5.39 Å². The van der Waals surface area contributed by atoms with Gasteiger partial charge in [0.05, 0.1) is 6.54 Å². The normalized spacial score (nSPS) is 19.0. The topological polar surface area (TPSA) is 58.6 Å². The Hall–Kier alpha value is -3.34. The lowest BCUT2D eigenvalue weighted by molar-refractivity contribution is -0.131. The zero-order valence-corrected chi connectivity index (χ0v) is 18.4. The predicted molar refractivity (Wildman–Crippen MR) is 122 cm³/mol. The number of imide groups is 1. The van der Waals surface area contributed by atoms with Gasteiger partial charge in [0.25, 0.3) is 5.91 Å². The van der Waals surface area contributed by atoms with Gasteiger partial charge in [0.2, 0.25) is 0 Å². The lowest BCUT2D eigenvalue weighted by Crippen LogP contribution is -2.41. The lowest BCUT2D eigenvalue weighted by atomic mass is 9.84. The van der Waals surface area contributed by atoms with Gasteiger partial charge in [-0.2, -0.15) is 0 Å². The van der Waals surface area contributed by atoms with Crippen LogP contribution in [0, 0.1) is 0 Å². The van der Waals surface area contributed by atoms with E-state index in [1.54, 1.807) is 6.92 Å². The number of ether oxygens (including phenoxy) is 1. The first kappa shape index (κ1) is 20.9. The molecule has 1 unspecified atom stereocenters. The minimum Gasteiger partial charge on any atom is -0.491 e. The number of carbonyl (C=O) groups excluding carboxylic acids is 2. The van der Waals surface area contributed by atoms with Crippen molar-refractivity contribution in [2.75, 3.05) is 13.2 Å². The zero-order valence-electron chi connectivity index (χ0n) is 18.4. The largest absolute Gasteiger partial charge is 0.491 e. The molecule has 4 rings (SSSR count). The molecule has 1 fully saturated rings. The van der Waals surface area contributed by atoms with E-state index in [-0.39, 0.29) is 24.5 Å².